The Morgan fingerprint density at radius 1 is 1.29 bits per heavy atom. The summed E-state index contributed by atoms with van der Waals surface area (Å²) < 4.78 is 1.67. The van der Waals surface area contributed by atoms with Gasteiger partial charge < -0.3 is 15.3 Å². The zero-order valence-corrected chi connectivity index (χ0v) is 19.9. The summed E-state index contributed by atoms with van der Waals surface area (Å²) in [6.07, 6.45) is 4.05. The summed E-state index contributed by atoms with van der Waals surface area (Å²) in [5, 5.41) is 1.34. The van der Waals surface area contributed by atoms with Crippen LogP contribution in [0, 0.1) is 13.8 Å². The molecule has 4 rings (SSSR count). The van der Waals surface area contributed by atoms with Crippen LogP contribution in [-0.4, -0.2) is 40.0 Å². The Balaban J connectivity index is 1.73. The van der Waals surface area contributed by atoms with Crippen molar-refractivity contribution in [3.8, 4) is 11.3 Å². The molecule has 3 aromatic rings. The van der Waals surface area contributed by atoms with Gasteiger partial charge in [-0.1, -0.05) is 13.8 Å². The highest BCUT2D eigenvalue weighted by atomic mass is 32.1. The van der Waals surface area contributed by atoms with Gasteiger partial charge in [0.05, 0.1) is 12.2 Å². The number of aromatic nitrogens is 2. The van der Waals surface area contributed by atoms with Gasteiger partial charge in [-0.05, 0) is 68.8 Å². The van der Waals surface area contributed by atoms with Gasteiger partial charge in [0, 0.05) is 34.6 Å². The number of likely N-dealkylation sites (tertiary alicyclic amines) is 1. The molecule has 0 atom stereocenters. The summed E-state index contributed by atoms with van der Waals surface area (Å²) >= 11 is 1.87. The van der Waals surface area contributed by atoms with Gasteiger partial charge in [0.25, 0.3) is 5.56 Å². The fourth-order valence-electron chi connectivity index (χ4n) is 5.03. The lowest BCUT2D eigenvalue weighted by atomic mass is 9.90. The third kappa shape index (κ3) is 3.96. The molecule has 166 valence electrons. The minimum absolute atomic E-state index is 0.0457. The van der Waals surface area contributed by atoms with E-state index in [2.05, 4.69) is 30.7 Å². The van der Waals surface area contributed by atoms with E-state index in [-0.39, 0.29) is 11.5 Å². The number of hydrogen-bond acceptors (Lipinski definition) is 4. The average Bonchev–Trinajstić information content (AvgIpc) is 3.23. The molecule has 1 fully saturated rings. The number of fused-ring (bicyclic) bond motifs is 1. The highest BCUT2D eigenvalue weighted by molar-refractivity contribution is 7.19. The standard InChI is InChI=1S/C24H32N4O2S/c1-13(2)19-20-15(4)22(16-6-8-28(9-7-16)12-18(25)29)31-23(20)26-21(19)17-10-14(3)24(30)27(5)11-17/h10-11,13,16,26H,6-9,12H2,1-5H3,(H2,25,29). The molecule has 0 spiro atoms. The van der Waals surface area contributed by atoms with E-state index in [9.17, 15) is 9.59 Å². The number of nitrogens with one attached hydrogen (secondary N) is 1. The molecule has 0 aromatic carbocycles. The maximum absolute atomic E-state index is 12.2. The van der Waals surface area contributed by atoms with Crippen LogP contribution in [0.1, 0.15) is 60.1 Å². The number of rotatable bonds is 5. The third-order valence-electron chi connectivity index (χ3n) is 6.53. The monoisotopic (exact) mass is 440 g/mol. The number of aromatic amines is 1. The van der Waals surface area contributed by atoms with Gasteiger partial charge >= 0.3 is 0 Å². The first-order valence-electron chi connectivity index (χ1n) is 11.0. The molecule has 0 saturated carbocycles. The molecular weight excluding hydrogens is 408 g/mol. The second-order valence-corrected chi connectivity index (χ2v) is 10.3. The minimum Gasteiger partial charge on any atom is -0.369 e. The number of hydrogen-bond donors (Lipinski definition) is 2. The first-order chi connectivity index (χ1) is 14.7. The molecule has 31 heavy (non-hydrogen) atoms. The van der Waals surface area contributed by atoms with Crippen LogP contribution in [0.5, 0.6) is 0 Å². The number of carbonyl (C=O) groups excluding carboxylic acids is 1. The summed E-state index contributed by atoms with van der Waals surface area (Å²) in [5.41, 5.74) is 11.1. The second-order valence-electron chi connectivity index (χ2n) is 9.21. The van der Waals surface area contributed by atoms with Crippen LogP contribution in [0.25, 0.3) is 21.5 Å². The predicted octanol–water partition coefficient (Wildman–Crippen LogP) is 4.00. The normalized spacial score (nSPS) is 15.9. The van der Waals surface area contributed by atoms with Crippen molar-refractivity contribution in [2.24, 2.45) is 12.8 Å². The number of primary amides is 1. The number of thiophene rings is 1. The maximum atomic E-state index is 12.2. The zero-order valence-electron chi connectivity index (χ0n) is 19.0. The molecule has 1 saturated heterocycles. The molecule has 1 amide bonds. The van der Waals surface area contributed by atoms with Crippen LogP contribution in [0.3, 0.4) is 0 Å². The van der Waals surface area contributed by atoms with Crippen molar-refractivity contribution in [2.75, 3.05) is 19.6 Å². The lowest BCUT2D eigenvalue weighted by Gasteiger charge is -2.31. The van der Waals surface area contributed by atoms with Gasteiger partial charge in [-0.2, -0.15) is 0 Å². The first kappa shape index (κ1) is 21.8. The van der Waals surface area contributed by atoms with Crippen molar-refractivity contribution in [2.45, 2.75) is 52.4 Å². The lowest BCUT2D eigenvalue weighted by Crippen LogP contribution is -2.39. The molecule has 0 unspecified atom stereocenters. The predicted molar refractivity (Wildman–Crippen MR) is 128 cm³/mol. The fourth-order valence-corrected chi connectivity index (χ4v) is 6.43. The van der Waals surface area contributed by atoms with Crippen LogP contribution < -0.4 is 11.3 Å². The Hall–Kier alpha value is -2.38. The molecule has 1 aliphatic heterocycles. The van der Waals surface area contributed by atoms with Crippen LogP contribution >= 0.6 is 11.3 Å². The molecule has 6 nitrogen and oxygen atoms in total. The van der Waals surface area contributed by atoms with Crippen molar-refractivity contribution in [3.05, 3.63) is 44.2 Å². The molecular formula is C24H32N4O2S. The molecule has 0 bridgehead atoms. The van der Waals surface area contributed by atoms with E-state index >= 15 is 0 Å². The quantitative estimate of drug-likeness (QED) is 0.629. The highest BCUT2D eigenvalue weighted by Crippen LogP contribution is 2.45. The number of nitrogens with two attached hydrogens (primary N) is 1. The smallest absolute Gasteiger partial charge is 0.253 e. The van der Waals surface area contributed by atoms with E-state index in [0.29, 0.717) is 18.4 Å². The number of piperidine rings is 1. The zero-order chi connectivity index (χ0) is 22.4. The molecule has 4 heterocycles. The van der Waals surface area contributed by atoms with Crippen molar-refractivity contribution in [1.29, 1.82) is 0 Å². The minimum atomic E-state index is -0.248. The summed E-state index contributed by atoms with van der Waals surface area (Å²) in [4.78, 5) is 31.9. The molecule has 0 radical (unpaired) electrons. The van der Waals surface area contributed by atoms with Gasteiger partial charge in [-0.15, -0.1) is 11.3 Å². The number of carbonyl (C=O) groups is 1. The van der Waals surface area contributed by atoms with E-state index in [0.717, 1.165) is 42.8 Å². The Morgan fingerprint density at radius 2 is 1.97 bits per heavy atom. The van der Waals surface area contributed by atoms with Crippen LogP contribution in [0.2, 0.25) is 0 Å². The Bertz CT molecular complexity index is 1170. The van der Waals surface area contributed by atoms with Gasteiger partial charge in [-0.25, -0.2) is 0 Å². The number of amides is 1. The first-order valence-corrected chi connectivity index (χ1v) is 11.8. The van der Waals surface area contributed by atoms with Crippen molar-refractivity contribution >= 4 is 27.5 Å². The largest absolute Gasteiger partial charge is 0.369 e. The summed E-state index contributed by atoms with van der Waals surface area (Å²) in [6, 6.07) is 1.99. The maximum Gasteiger partial charge on any atom is 0.253 e. The van der Waals surface area contributed by atoms with Gasteiger partial charge in [-0.3, -0.25) is 14.5 Å². The topological polar surface area (TPSA) is 84.1 Å². The lowest BCUT2D eigenvalue weighted by molar-refractivity contribution is -0.119. The fraction of sp³-hybridized carbons (Fsp3) is 0.500. The number of aryl methyl sites for hydroxylation is 3. The molecule has 3 N–H and O–H groups in total. The SMILES string of the molecule is Cc1cc(-c2[nH]c3sc(C4CCN(CC(N)=O)CC4)c(C)c3c2C(C)C)cn(C)c1=O. The van der Waals surface area contributed by atoms with Crippen molar-refractivity contribution in [3.63, 3.8) is 0 Å². The van der Waals surface area contributed by atoms with Crippen LogP contribution in [0.4, 0.5) is 0 Å². The molecule has 7 heteroatoms. The summed E-state index contributed by atoms with van der Waals surface area (Å²) in [5.74, 6) is 0.639. The average molecular weight is 441 g/mol. The second kappa shape index (κ2) is 8.28. The Labute approximate surface area is 187 Å². The van der Waals surface area contributed by atoms with E-state index in [1.165, 1.54) is 26.2 Å². The Morgan fingerprint density at radius 3 is 2.55 bits per heavy atom. The van der Waals surface area contributed by atoms with Crippen molar-refractivity contribution in [1.82, 2.24) is 14.5 Å². The van der Waals surface area contributed by atoms with Gasteiger partial charge in [0.2, 0.25) is 5.91 Å². The van der Waals surface area contributed by atoms with Gasteiger partial charge in [0.15, 0.2) is 0 Å². The summed E-state index contributed by atoms with van der Waals surface area (Å²) in [7, 11) is 1.81. The van der Waals surface area contributed by atoms with Gasteiger partial charge in [0.1, 0.15) is 4.83 Å². The van der Waals surface area contributed by atoms with E-state index in [1.54, 1.807) is 4.57 Å². The highest BCUT2D eigenvalue weighted by Gasteiger charge is 2.28. The molecule has 1 aliphatic rings. The number of nitrogens with zero attached hydrogens (tertiary/aromatic N) is 2. The van der Waals surface area contributed by atoms with Crippen LogP contribution in [0.15, 0.2) is 17.1 Å². The van der Waals surface area contributed by atoms with E-state index in [1.807, 2.05) is 37.6 Å². The summed E-state index contributed by atoms with van der Waals surface area (Å²) in [6.45, 7) is 10.8. The third-order valence-corrected chi connectivity index (χ3v) is 7.90. The van der Waals surface area contributed by atoms with Crippen LogP contribution in [-0.2, 0) is 11.8 Å². The van der Waals surface area contributed by atoms with E-state index in [4.69, 9.17) is 5.73 Å². The molecule has 3 aromatic heterocycles. The molecule has 0 aliphatic carbocycles. The number of H-pyrrole nitrogens is 1. The number of pyridine rings is 1. The Kier molecular flexibility index (Phi) is 5.83. The van der Waals surface area contributed by atoms with Crippen molar-refractivity contribution < 1.29 is 4.79 Å². The van der Waals surface area contributed by atoms with E-state index < -0.39 is 0 Å².